The topological polar surface area (TPSA) is 34.1 Å². The van der Waals surface area contributed by atoms with Gasteiger partial charge in [-0.3, -0.25) is 0 Å². The lowest BCUT2D eigenvalue weighted by Crippen LogP contribution is -1.98. The lowest BCUT2D eigenvalue weighted by Gasteiger charge is -2.10. The minimum atomic E-state index is -3.45. The molecule has 1 aromatic rings. The standard InChI is InChI=1S/C12H15ClO2S/c13-16(14,15)9-10-4-3-7-12(8-10)11-5-1-2-6-11/h3-4,7-8,11H,1-2,5-6,9H2. The molecule has 0 N–H and O–H groups in total. The van der Waals surface area contributed by atoms with Gasteiger partial charge in [0.05, 0.1) is 5.75 Å². The molecule has 0 radical (unpaired) electrons. The van der Waals surface area contributed by atoms with Gasteiger partial charge >= 0.3 is 0 Å². The van der Waals surface area contributed by atoms with Gasteiger partial charge in [0.1, 0.15) is 0 Å². The van der Waals surface area contributed by atoms with Gasteiger partial charge in [0.25, 0.3) is 0 Å². The van der Waals surface area contributed by atoms with Gasteiger partial charge in [0.2, 0.25) is 9.05 Å². The Balaban J connectivity index is 2.19. The van der Waals surface area contributed by atoms with Crippen molar-refractivity contribution in [3.05, 3.63) is 35.4 Å². The maximum absolute atomic E-state index is 11.0. The van der Waals surface area contributed by atoms with Crippen LogP contribution in [0.1, 0.15) is 42.7 Å². The average Bonchev–Trinajstić information content (AvgIpc) is 2.68. The van der Waals surface area contributed by atoms with Gasteiger partial charge in [0, 0.05) is 10.7 Å². The Morgan fingerprint density at radius 1 is 1.25 bits per heavy atom. The van der Waals surface area contributed by atoms with E-state index in [9.17, 15) is 8.42 Å². The zero-order valence-corrected chi connectivity index (χ0v) is 10.6. The number of rotatable bonds is 3. The Bertz CT molecular complexity index is 462. The largest absolute Gasteiger partial charge is 0.236 e. The van der Waals surface area contributed by atoms with Crippen molar-refractivity contribution in [2.45, 2.75) is 37.4 Å². The highest BCUT2D eigenvalue weighted by Crippen LogP contribution is 2.34. The minimum Gasteiger partial charge on any atom is -0.212 e. The lowest BCUT2D eigenvalue weighted by molar-refractivity contribution is 0.609. The summed E-state index contributed by atoms with van der Waals surface area (Å²) < 4.78 is 22.0. The molecule has 0 heterocycles. The molecule has 0 aromatic heterocycles. The quantitative estimate of drug-likeness (QED) is 0.779. The van der Waals surface area contributed by atoms with Crippen molar-refractivity contribution in [1.82, 2.24) is 0 Å². The molecular weight excluding hydrogens is 244 g/mol. The maximum atomic E-state index is 11.0. The fraction of sp³-hybridized carbons (Fsp3) is 0.500. The van der Waals surface area contributed by atoms with E-state index in [1.807, 2.05) is 18.2 Å². The van der Waals surface area contributed by atoms with Gasteiger partial charge < -0.3 is 0 Å². The van der Waals surface area contributed by atoms with E-state index in [1.165, 1.54) is 31.2 Å². The lowest BCUT2D eigenvalue weighted by atomic mass is 9.96. The summed E-state index contributed by atoms with van der Waals surface area (Å²) in [7, 11) is 1.81. The summed E-state index contributed by atoms with van der Waals surface area (Å²) in [4.78, 5) is 0. The number of halogens is 1. The summed E-state index contributed by atoms with van der Waals surface area (Å²) in [6.45, 7) is 0. The fourth-order valence-corrected chi connectivity index (χ4v) is 3.35. The molecule has 2 rings (SSSR count). The van der Waals surface area contributed by atoms with Gasteiger partial charge in [-0.2, -0.15) is 0 Å². The van der Waals surface area contributed by atoms with E-state index in [2.05, 4.69) is 6.07 Å². The molecule has 1 aliphatic rings. The molecule has 0 bridgehead atoms. The SMILES string of the molecule is O=S(=O)(Cl)Cc1cccc(C2CCCC2)c1. The van der Waals surface area contributed by atoms with Crippen LogP contribution in [0.25, 0.3) is 0 Å². The van der Waals surface area contributed by atoms with Crippen LogP contribution in [0.2, 0.25) is 0 Å². The van der Waals surface area contributed by atoms with Crippen molar-refractivity contribution in [2.75, 3.05) is 0 Å². The summed E-state index contributed by atoms with van der Waals surface area (Å²) in [5, 5.41) is 0. The third-order valence-corrected chi connectivity index (χ3v) is 4.12. The summed E-state index contributed by atoms with van der Waals surface area (Å²) in [5.74, 6) is 0.535. The predicted molar refractivity (Wildman–Crippen MR) is 66.1 cm³/mol. The van der Waals surface area contributed by atoms with Crippen molar-refractivity contribution >= 4 is 19.7 Å². The van der Waals surface area contributed by atoms with E-state index in [-0.39, 0.29) is 5.75 Å². The Hall–Kier alpha value is -0.540. The van der Waals surface area contributed by atoms with Crippen LogP contribution in [0.15, 0.2) is 24.3 Å². The van der Waals surface area contributed by atoms with Crippen molar-refractivity contribution in [2.24, 2.45) is 0 Å². The molecule has 2 nitrogen and oxygen atoms in total. The van der Waals surface area contributed by atoms with E-state index in [0.29, 0.717) is 5.92 Å². The second kappa shape index (κ2) is 4.76. The van der Waals surface area contributed by atoms with Gasteiger partial charge in [-0.25, -0.2) is 8.42 Å². The predicted octanol–water partition coefficient (Wildman–Crippen LogP) is 3.41. The highest BCUT2D eigenvalue weighted by molar-refractivity contribution is 8.13. The highest BCUT2D eigenvalue weighted by atomic mass is 35.7. The third-order valence-electron chi connectivity index (χ3n) is 3.12. The molecule has 0 spiro atoms. The first-order chi connectivity index (χ1) is 7.54. The Morgan fingerprint density at radius 3 is 2.56 bits per heavy atom. The van der Waals surface area contributed by atoms with E-state index < -0.39 is 9.05 Å². The van der Waals surface area contributed by atoms with Crippen molar-refractivity contribution in [1.29, 1.82) is 0 Å². The molecular formula is C12H15ClO2S. The Morgan fingerprint density at radius 2 is 1.94 bits per heavy atom. The van der Waals surface area contributed by atoms with Crippen LogP contribution in [-0.2, 0) is 14.8 Å². The molecule has 16 heavy (non-hydrogen) atoms. The number of hydrogen-bond acceptors (Lipinski definition) is 2. The first-order valence-corrected chi connectivity index (χ1v) is 8.03. The van der Waals surface area contributed by atoms with Crippen LogP contribution in [0.4, 0.5) is 0 Å². The van der Waals surface area contributed by atoms with Crippen LogP contribution in [-0.4, -0.2) is 8.42 Å². The molecule has 1 aromatic carbocycles. The van der Waals surface area contributed by atoms with Gasteiger partial charge in [-0.1, -0.05) is 37.1 Å². The van der Waals surface area contributed by atoms with E-state index in [4.69, 9.17) is 10.7 Å². The van der Waals surface area contributed by atoms with E-state index in [1.54, 1.807) is 0 Å². The second-order valence-electron chi connectivity index (χ2n) is 4.41. The van der Waals surface area contributed by atoms with Crippen LogP contribution in [0.3, 0.4) is 0 Å². The molecule has 0 unspecified atom stereocenters. The summed E-state index contributed by atoms with van der Waals surface area (Å²) in [5.41, 5.74) is 2.05. The normalized spacial score (nSPS) is 17.8. The Kier molecular flexibility index (Phi) is 3.55. The maximum Gasteiger partial charge on any atom is 0.236 e. The van der Waals surface area contributed by atoms with E-state index >= 15 is 0 Å². The van der Waals surface area contributed by atoms with Gasteiger partial charge in [0.15, 0.2) is 0 Å². The zero-order chi connectivity index (χ0) is 11.6. The molecule has 0 atom stereocenters. The molecule has 88 valence electrons. The monoisotopic (exact) mass is 258 g/mol. The van der Waals surface area contributed by atoms with Crippen LogP contribution >= 0.6 is 10.7 Å². The van der Waals surface area contributed by atoms with Crippen molar-refractivity contribution in [3.63, 3.8) is 0 Å². The van der Waals surface area contributed by atoms with Gasteiger partial charge in [-0.05, 0) is 29.9 Å². The molecule has 0 amide bonds. The number of hydrogen-bond donors (Lipinski definition) is 0. The fourth-order valence-electron chi connectivity index (χ4n) is 2.40. The zero-order valence-electron chi connectivity index (χ0n) is 9.02. The summed E-state index contributed by atoms with van der Waals surface area (Å²) in [6, 6.07) is 7.81. The van der Waals surface area contributed by atoms with E-state index in [0.717, 1.165) is 5.56 Å². The van der Waals surface area contributed by atoms with Crippen molar-refractivity contribution < 1.29 is 8.42 Å². The average molecular weight is 259 g/mol. The summed E-state index contributed by atoms with van der Waals surface area (Å²) in [6.07, 6.45) is 5.00. The van der Waals surface area contributed by atoms with Crippen LogP contribution < -0.4 is 0 Å². The molecule has 1 saturated carbocycles. The first-order valence-electron chi connectivity index (χ1n) is 5.56. The highest BCUT2D eigenvalue weighted by Gasteiger charge is 2.17. The van der Waals surface area contributed by atoms with Crippen LogP contribution in [0, 0.1) is 0 Å². The molecule has 0 aliphatic heterocycles. The van der Waals surface area contributed by atoms with Crippen LogP contribution in [0.5, 0.6) is 0 Å². The Labute approximate surface area is 101 Å². The van der Waals surface area contributed by atoms with Gasteiger partial charge in [-0.15, -0.1) is 0 Å². The molecule has 1 fully saturated rings. The molecule has 0 saturated heterocycles. The second-order valence-corrected chi connectivity index (χ2v) is 7.19. The molecule has 1 aliphatic carbocycles. The smallest absolute Gasteiger partial charge is 0.212 e. The number of benzene rings is 1. The first kappa shape index (κ1) is 11.9. The third kappa shape index (κ3) is 3.22. The molecule has 4 heteroatoms. The minimum absolute atomic E-state index is 0.0743. The summed E-state index contributed by atoms with van der Waals surface area (Å²) >= 11 is 0. The van der Waals surface area contributed by atoms with Crippen molar-refractivity contribution in [3.8, 4) is 0 Å².